The fourth-order valence-corrected chi connectivity index (χ4v) is 2.51. The number of ether oxygens (including phenoxy) is 1. The van der Waals surface area contributed by atoms with Crippen LogP contribution in [0.1, 0.15) is 0 Å². The van der Waals surface area contributed by atoms with Crippen molar-refractivity contribution in [1.29, 1.82) is 0 Å². The van der Waals surface area contributed by atoms with Crippen molar-refractivity contribution in [3.05, 3.63) is 46.0 Å². The van der Waals surface area contributed by atoms with E-state index in [1.54, 1.807) is 7.11 Å². The molecule has 0 amide bonds. The second kappa shape index (κ2) is 5.15. The first-order valence-corrected chi connectivity index (χ1v) is 6.56. The Balaban J connectivity index is 2.44. The largest absolute Gasteiger partial charge is 0.497 e. The Hall–Kier alpha value is -0.600. The molecule has 0 aliphatic heterocycles. The van der Waals surface area contributed by atoms with E-state index < -0.39 is 0 Å². The van der Waals surface area contributed by atoms with E-state index >= 15 is 0 Å². The molecular weight excluding hydrogens is 330 g/mol. The molecule has 2 rings (SSSR count). The van der Waals surface area contributed by atoms with E-state index in [0.29, 0.717) is 0 Å². The fourth-order valence-electron chi connectivity index (χ4n) is 1.52. The molecule has 2 aromatic rings. The summed E-state index contributed by atoms with van der Waals surface area (Å²) >= 11 is 2.34. The summed E-state index contributed by atoms with van der Waals surface area (Å²) in [5.41, 5.74) is 2.48. The van der Waals surface area contributed by atoms with E-state index in [0.717, 1.165) is 5.75 Å². The van der Waals surface area contributed by atoms with Gasteiger partial charge in [0.15, 0.2) is 0 Å². The van der Waals surface area contributed by atoms with Gasteiger partial charge in [-0.25, -0.2) is 0 Å². The molecule has 0 bridgehead atoms. The topological polar surface area (TPSA) is 9.23 Å². The van der Waals surface area contributed by atoms with E-state index in [9.17, 15) is 0 Å². The molecular formula is C13H12IOP. The molecule has 16 heavy (non-hydrogen) atoms. The zero-order valence-electron chi connectivity index (χ0n) is 8.91. The molecule has 1 atom stereocenters. The summed E-state index contributed by atoms with van der Waals surface area (Å²) in [5, 5.41) is 1.20. The van der Waals surface area contributed by atoms with Crippen molar-refractivity contribution in [3.63, 3.8) is 0 Å². The van der Waals surface area contributed by atoms with Gasteiger partial charge in [-0.1, -0.05) is 24.3 Å². The van der Waals surface area contributed by atoms with Gasteiger partial charge in [-0.2, -0.15) is 0 Å². The van der Waals surface area contributed by atoms with Crippen molar-refractivity contribution in [2.45, 2.75) is 0 Å². The van der Waals surface area contributed by atoms with Crippen LogP contribution in [-0.2, 0) is 0 Å². The van der Waals surface area contributed by atoms with Gasteiger partial charge in [0, 0.05) is 3.57 Å². The van der Waals surface area contributed by atoms with Crippen LogP contribution in [0.25, 0.3) is 11.1 Å². The van der Waals surface area contributed by atoms with Gasteiger partial charge in [0.25, 0.3) is 0 Å². The summed E-state index contributed by atoms with van der Waals surface area (Å²) in [6.07, 6.45) is 0. The van der Waals surface area contributed by atoms with Crippen LogP contribution in [0.4, 0.5) is 0 Å². The minimum Gasteiger partial charge on any atom is -0.497 e. The molecule has 3 heteroatoms. The lowest BCUT2D eigenvalue weighted by atomic mass is 10.1. The van der Waals surface area contributed by atoms with E-state index in [1.807, 2.05) is 12.1 Å². The SMILES string of the molecule is COc1ccc(-c2ccc(P)cc2)c(I)c1. The van der Waals surface area contributed by atoms with Crippen molar-refractivity contribution in [1.82, 2.24) is 0 Å². The highest BCUT2D eigenvalue weighted by atomic mass is 127. The molecule has 0 saturated carbocycles. The highest BCUT2D eigenvalue weighted by Crippen LogP contribution is 2.28. The molecule has 0 aliphatic rings. The maximum atomic E-state index is 5.20. The van der Waals surface area contributed by atoms with Gasteiger partial charge >= 0.3 is 0 Å². The maximum absolute atomic E-state index is 5.20. The van der Waals surface area contributed by atoms with Gasteiger partial charge in [0.1, 0.15) is 5.75 Å². The van der Waals surface area contributed by atoms with E-state index in [4.69, 9.17) is 4.74 Å². The van der Waals surface area contributed by atoms with Crippen LogP contribution in [0.3, 0.4) is 0 Å². The van der Waals surface area contributed by atoms with Gasteiger partial charge in [0.2, 0.25) is 0 Å². The first-order valence-electron chi connectivity index (χ1n) is 4.90. The molecule has 0 N–H and O–H groups in total. The molecule has 0 fully saturated rings. The van der Waals surface area contributed by atoms with Crippen LogP contribution < -0.4 is 10.0 Å². The van der Waals surface area contributed by atoms with Crippen LogP contribution >= 0.6 is 31.8 Å². The normalized spacial score (nSPS) is 10.2. The molecule has 0 aromatic heterocycles. The Morgan fingerprint density at radius 3 is 2.31 bits per heavy atom. The average Bonchev–Trinajstić information content (AvgIpc) is 2.30. The van der Waals surface area contributed by atoms with Crippen LogP contribution in [0, 0.1) is 3.57 Å². The number of benzene rings is 2. The van der Waals surface area contributed by atoms with Crippen LogP contribution in [0.5, 0.6) is 5.75 Å². The monoisotopic (exact) mass is 342 g/mol. The minimum atomic E-state index is 0.899. The lowest BCUT2D eigenvalue weighted by Crippen LogP contribution is -1.90. The van der Waals surface area contributed by atoms with Crippen LogP contribution in [0.2, 0.25) is 0 Å². The number of methoxy groups -OCH3 is 1. The predicted molar refractivity (Wildman–Crippen MR) is 80.5 cm³/mol. The third-order valence-electron chi connectivity index (χ3n) is 2.40. The van der Waals surface area contributed by atoms with Gasteiger partial charge in [0.05, 0.1) is 7.11 Å². The molecule has 82 valence electrons. The molecule has 0 aliphatic carbocycles. The maximum Gasteiger partial charge on any atom is 0.119 e. The number of hydrogen-bond acceptors (Lipinski definition) is 1. The van der Waals surface area contributed by atoms with Crippen molar-refractivity contribution in [2.24, 2.45) is 0 Å². The number of halogens is 1. The van der Waals surface area contributed by atoms with E-state index in [-0.39, 0.29) is 0 Å². The van der Waals surface area contributed by atoms with Crippen LogP contribution in [0.15, 0.2) is 42.5 Å². The summed E-state index contributed by atoms with van der Waals surface area (Å²) in [6, 6.07) is 14.6. The number of hydrogen-bond donors (Lipinski definition) is 0. The van der Waals surface area contributed by atoms with Gasteiger partial charge in [-0.3, -0.25) is 0 Å². The lowest BCUT2D eigenvalue weighted by molar-refractivity contribution is 0.414. The lowest BCUT2D eigenvalue weighted by Gasteiger charge is -2.07. The Bertz CT molecular complexity index is 494. The summed E-state index contributed by atoms with van der Waals surface area (Å²) in [5.74, 6) is 0.899. The molecule has 2 aromatic carbocycles. The highest BCUT2D eigenvalue weighted by molar-refractivity contribution is 14.1. The summed E-state index contributed by atoms with van der Waals surface area (Å²) < 4.78 is 6.40. The standard InChI is InChI=1S/C13H12IOP/c1-15-10-4-7-12(13(14)8-10)9-2-5-11(16)6-3-9/h2-8H,16H2,1H3. The van der Waals surface area contributed by atoms with Crippen molar-refractivity contribution >= 4 is 37.1 Å². The molecule has 0 saturated heterocycles. The van der Waals surface area contributed by atoms with Gasteiger partial charge < -0.3 is 4.74 Å². The third kappa shape index (κ3) is 2.55. The second-order valence-corrected chi connectivity index (χ2v) is 5.30. The molecule has 0 radical (unpaired) electrons. The van der Waals surface area contributed by atoms with Crippen molar-refractivity contribution in [2.75, 3.05) is 7.11 Å². The fraction of sp³-hybridized carbons (Fsp3) is 0.0769. The van der Waals surface area contributed by atoms with Gasteiger partial charge in [-0.05, 0) is 57.2 Å². The second-order valence-electron chi connectivity index (χ2n) is 3.47. The van der Waals surface area contributed by atoms with Crippen LogP contribution in [-0.4, -0.2) is 7.11 Å². The first-order chi connectivity index (χ1) is 7.70. The number of rotatable bonds is 2. The Labute approximate surface area is 112 Å². The Kier molecular flexibility index (Phi) is 3.82. The van der Waals surface area contributed by atoms with Crippen molar-refractivity contribution in [3.8, 4) is 16.9 Å². The van der Waals surface area contributed by atoms with Crippen molar-refractivity contribution < 1.29 is 4.74 Å². The highest BCUT2D eigenvalue weighted by Gasteiger charge is 2.03. The summed E-state index contributed by atoms with van der Waals surface area (Å²) in [7, 11) is 4.38. The Morgan fingerprint density at radius 2 is 1.75 bits per heavy atom. The zero-order chi connectivity index (χ0) is 11.5. The minimum absolute atomic E-state index is 0.899. The summed E-state index contributed by atoms with van der Waals surface area (Å²) in [4.78, 5) is 0. The molecule has 1 nitrogen and oxygen atoms in total. The average molecular weight is 342 g/mol. The van der Waals surface area contributed by atoms with Gasteiger partial charge in [-0.15, -0.1) is 9.24 Å². The predicted octanol–water partition coefficient (Wildman–Crippen LogP) is 3.47. The summed E-state index contributed by atoms with van der Waals surface area (Å²) in [6.45, 7) is 0. The Morgan fingerprint density at radius 1 is 1.06 bits per heavy atom. The third-order valence-corrected chi connectivity index (χ3v) is 3.68. The van der Waals surface area contributed by atoms with E-state index in [1.165, 1.54) is 20.0 Å². The molecule has 0 spiro atoms. The quantitative estimate of drug-likeness (QED) is 0.600. The molecule has 1 unspecified atom stereocenters. The zero-order valence-corrected chi connectivity index (χ0v) is 12.2. The first kappa shape index (κ1) is 11.9. The smallest absolute Gasteiger partial charge is 0.119 e. The molecule has 0 heterocycles. The van der Waals surface area contributed by atoms with E-state index in [2.05, 4.69) is 62.2 Å².